The lowest BCUT2D eigenvalue weighted by molar-refractivity contribution is 1.36. The van der Waals surface area contributed by atoms with Crippen molar-refractivity contribution in [2.24, 2.45) is 5.73 Å². The molecule has 0 spiro atoms. The zero-order valence-electron chi connectivity index (χ0n) is 8.13. The lowest BCUT2D eigenvalue weighted by atomic mass is 10.1. The van der Waals surface area contributed by atoms with Gasteiger partial charge >= 0.3 is 0 Å². The fourth-order valence-corrected chi connectivity index (χ4v) is 1.42. The average Bonchev–Trinajstić information content (AvgIpc) is 2.20. The van der Waals surface area contributed by atoms with Crippen LogP contribution in [0.3, 0.4) is 0 Å². The van der Waals surface area contributed by atoms with E-state index in [0.29, 0.717) is 11.3 Å². The normalized spacial score (nSPS) is 11.9. The van der Waals surface area contributed by atoms with E-state index >= 15 is 0 Å². The Morgan fingerprint density at radius 1 is 1.50 bits per heavy atom. The molecule has 0 fully saturated rings. The van der Waals surface area contributed by atoms with Gasteiger partial charge in [0.05, 0.1) is 11.8 Å². The predicted molar refractivity (Wildman–Crippen MR) is 61.3 cm³/mol. The molecule has 1 aromatic rings. The molecule has 0 atom stereocenters. The van der Waals surface area contributed by atoms with Crippen molar-refractivity contribution >= 4 is 21.6 Å². The molecule has 3 heteroatoms. The van der Waals surface area contributed by atoms with Gasteiger partial charge in [-0.1, -0.05) is 28.1 Å². The van der Waals surface area contributed by atoms with Crippen molar-refractivity contribution in [2.45, 2.75) is 13.8 Å². The first kappa shape index (κ1) is 10.8. The van der Waals surface area contributed by atoms with Crippen LogP contribution in [-0.2, 0) is 0 Å². The lowest BCUT2D eigenvalue weighted by Gasteiger charge is -2.05. The number of halogens is 1. The van der Waals surface area contributed by atoms with Gasteiger partial charge in [0.1, 0.15) is 0 Å². The van der Waals surface area contributed by atoms with Gasteiger partial charge in [-0.05, 0) is 31.0 Å². The molecule has 2 N–H and O–H groups in total. The minimum Gasteiger partial charge on any atom is -0.397 e. The fourth-order valence-electron chi connectivity index (χ4n) is 1.04. The van der Waals surface area contributed by atoms with Crippen LogP contribution in [-0.4, -0.2) is 0 Å². The molecule has 0 unspecified atom stereocenters. The number of hydrogen-bond donors (Lipinski definition) is 1. The van der Waals surface area contributed by atoms with Crippen LogP contribution in [0.4, 0.5) is 0 Å². The van der Waals surface area contributed by atoms with Crippen molar-refractivity contribution in [1.82, 2.24) is 0 Å². The van der Waals surface area contributed by atoms with E-state index in [4.69, 9.17) is 11.0 Å². The average molecular weight is 251 g/mol. The molecule has 0 saturated heterocycles. The molecule has 1 rings (SSSR count). The number of rotatable bonds is 1. The molecule has 1 aromatic carbocycles. The van der Waals surface area contributed by atoms with Crippen molar-refractivity contribution in [3.8, 4) is 6.07 Å². The van der Waals surface area contributed by atoms with Gasteiger partial charge in [0, 0.05) is 10.0 Å². The van der Waals surface area contributed by atoms with Gasteiger partial charge in [0.2, 0.25) is 0 Å². The largest absolute Gasteiger partial charge is 0.397 e. The van der Waals surface area contributed by atoms with Crippen molar-refractivity contribution in [2.75, 3.05) is 0 Å². The topological polar surface area (TPSA) is 49.8 Å². The van der Waals surface area contributed by atoms with Crippen LogP contribution in [0, 0.1) is 18.3 Å². The number of hydrogen-bond acceptors (Lipinski definition) is 2. The van der Waals surface area contributed by atoms with E-state index < -0.39 is 0 Å². The molecule has 14 heavy (non-hydrogen) atoms. The third kappa shape index (κ3) is 2.15. The highest BCUT2D eigenvalue weighted by Crippen LogP contribution is 2.21. The minimum absolute atomic E-state index is 0.535. The summed E-state index contributed by atoms with van der Waals surface area (Å²) in [5.41, 5.74) is 8.91. The Bertz CT molecular complexity index is 427. The minimum atomic E-state index is 0.535. The first-order chi connectivity index (χ1) is 6.56. The predicted octanol–water partition coefficient (Wildman–Crippen LogP) is 2.97. The summed E-state index contributed by atoms with van der Waals surface area (Å²) in [7, 11) is 0. The fraction of sp³-hybridized carbons (Fsp3) is 0.182. The Morgan fingerprint density at radius 3 is 2.64 bits per heavy atom. The van der Waals surface area contributed by atoms with Crippen molar-refractivity contribution in [3.05, 3.63) is 39.4 Å². The molecule has 0 aliphatic carbocycles. The summed E-state index contributed by atoms with van der Waals surface area (Å²) in [5.74, 6) is 0. The van der Waals surface area contributed by atoms with Gasteiger partial charge in [-0.25, -0.2) is 0 Å². The van der Waals surface area contributed by atoms with Gasteiger partial charge in [-0.3, -0.25) is 0 Å². The Hall–Kier alpha value is -1.27. The van der Waals surface area contributed by atoms with E-state index in [0.717, 1.165) is 15.6 Å². The monoisotopic (exact) mass is 250 g/mol. The van der Waals surface area contributed by atoms with E-state index in [9.17, 15) is 0 Å². The molecular formula is C11H11BrN2. The third-order valence-corrected chi connectivity index (χ3v) is 2.91. The van der Waals surface area contributed by atoms with Gasteiger partial charge < -0.3 is 5.73 Å². The number of nitriles is 1. The maximum atomic E-state index is 8.69. The number of nitrogens with zero attached hydrogens (tertiary/aromatic N) is 1. The number of aryl methyl sites for hydroxylation is 1. The van der Waals surface area contributed by atoms with E-state index in [2.05, 4.69) is 15.9 Å². The van der Waals surface area contributed by atoms with Crippen LogP contribution in [0.2, 0.25) is 0 Å². The molecular weight excluding hydrogens is 240 g/mol. The number of nitrogens with two attached hydrogens (primary N) is 1. The van der Waals surface area contributed by atoms with Crippen LogP contribution in [0.1, 0.15) is 18.1 Å². The maximum absolute atomic E-state index is 8.69. The van der Waals surface area contributed by atoms with Crippen LogP contribution >= 0.6 is 15.9 Å². The number of allylic oxidation sites excluding steroid dienone is 1. The second-order valence-electron chi connectivity index (χ2n) is 3.11. The second-order valence-corrected chi connectivity index (χ2v) is 3.97. The van der Waals surface area contributed by atoms with Gasteiger partial charge in [0.25, 0.3) is 0 Å². The standard InChI is InChI=1S/C11H11BrN2/c1-7-3-4-9(5-10(7)12)11(14)8(2)6-13/h3-5H,14H2,1-2H3/b11-8-. The third-order valence-electron chi connectivity index (χ3n) is 2.05. The zero-order valence-corrected chi connectivity index (χ0v) is 9.72. The van der Waals surface area contributed by atoms with Crippen LogP contribution in [0.15, 0.2) is 28.2 Å². The van der Waals surface area contributed by atoms with Gasteiger partial charge in [0.15, 0.2) is 0 Å². The Balaban J connectivity index is 3.24. The van der Waals surface area contributed by atoms with Crippen molar-refractivity contribution < 1.29 is 0 Å². The van der Waals surface area contributed by atoms with E-state index in [-0.39, 0.29) is 0 Å². The molecule has 0 aliphatic rings. The lowest BCUT2D eigenvalue weighted by Crippen LogP contribution is -1.99. The molecule has 0 heterocycles. The van der Waals surface area contributed by atoms with E-state index in [1.807, 2.05) is 31.2 Å². The summed E-state index contributed by atoms with van der Waals surface area (Å²) in [6.07, 6.45) is 0. The molecule has 72 valence electrons. The van der Waals surface area contributed by atoms with Crippen LogP contribution < -0.4 is 5.73 Å². The summed E-state index contributed by atoms with van der Waals surface area (Å²) in [6, 6.07) is 7.84. The first-order valence-corrected chi connectivity index (χ1v) is 4.98. The van der Waals surface area contributed by atoms with Crippen LogP contribution in [0.25, 0.3) is 5.70 Å². The van der Waals surface area contributed by atoms with Crippen LogP contribution in [0.5, 0.6) is 0 Å². The highest BCUT2D eigenvalue weighted by molar-refractivity contribution is 9.10. The SMILES string of the molecule is C/C(C#N)=C(/N)c1ccc(C)c(Br)c1. The molecule has 0 bridgehead atoms. The van der Waals surface area contributed by atoms with Crippen molar-refractivity contribution in [1.29, 1.82) is 5.26 Å². The van der Waals surface area contributed by atoms with E-state index in [1.54, 1.807) is 6.92 Å². The van der Waals surface area contributed by atoms with E-state index in [1.165, 1.54) is 0 Å². The Kier molecular flexibility index (Phi) is 3.32. The molecule has 2 nitrogen and oxygen atoms in total. The highest BCUT2D eigenvalue weighted by Gasteiger charge is 2.02. The molecule has 0 amide bonds. The number of benzene rings is 1. The summed E-state index contributed by atoms with van der Waals surface area (Å²) >= 11 is 3.42. The van der Waals surface area contributed by atoms with Gasteiger partial charge in [-0.2, -0.15) is 5.26 Å². The zero-order chi connectivity index (χ0) is 10.7. The molecule has 0 saturated carbocycles. The molecule has 0 aliphatic heterocycles. The Morgan fingerprint density at radius 2 is 2.14 bits per heavy atom. The summed E-state index contributed by atoms with van der Waals surface area (Å²) in [4.78, 5) is 0. The maximum Gasteiger partial charge on any atom is 0.0965 e. The summed E-state index contributed by atoms with van der Waals surface area (Å²) < 4.78 is 1.00. The summed E-state index contributed by atoms with van der Waals surface area (Å²) in [5, 5.41) is 8.69. The highest BCUT2D eigenvalue weighted by atomic mass is 79.9. The Labute approximate surface area is 92.2 Å². The second kappa shape index (κ2) is 4.30. The quantitative estimate of drug-likeness (QED) is 0.780. The molecule has 0 radical (unpaired) electrons. The first-order valence-electron chi connectivity index (χ1n) is 4.19. The summed E-state index contributed by atoms with van der Waals surface area (Å²) in [6.45, 7) is 3.72. The molecule has 0 aromatic heterocycles. The van der Waals surface area contributed by atoms with Gasteiger partial charge in [-0.15, -0.1) is 0 Å². The van der Waals surface area contributed by atoms with Crippen molar-refractivity contribution in [3.63, 3.8) is 0 Å². The smallest absolute Gasteiger partial charge is 0.0965 e.